The predicted molar refractivity (Wildman–Crippen MR) is 160 cm³/mol. The molecule has 0 saturated heterocycles. The van der Waals surface area contributed by atoms with E-state index in [1.54, 1.807) is 22.4 Å². The van der Waals surface area contributed by atoms with Gasteiger partial charge in [0.2, 0.25) is 0 Å². The molecule has 0 spiro atoms. The van der Waals surface area contributed by atoms with Gasteiger partial charge in [0.05, 0.1) is 11.6 Å². The lowest BCUT2D eigenvalue weighted by molar-refractivity contribution is -0.146. The highest BCUT2D eigenvalue weighted by atomic mass is 32.2. The second-order valence-electron chi connectivity index (χ2n) is 11.7. The Labute approximate surface area is 231 Å². The number of unbranched alkanes of at least 4 members (excludes halogenated alkanes) is 1. The molecule has 2 aliphatic rings. The Balaban J connectivity index is 1.55. The van der Waals surface area contributed by atoms with E-state index in [2.05, 4.69) is 80.9 Å². The van der Waals surface area contributed by atoms with Gasteiger partial charge in [0, 0.05) is 20.6 Å². The highest BCUT2D eigenvalue weighted by Crippen LogP contribution is 2.51. The van der Waals surface area contributed by atoms with Crippen LogP contribution in [0.25, 0.3) is 10.8 Å². The lowest BCUT2D eigenvalue weighted by Crippen LogP contribution is -2.34. The molecule has 0 radical (unpaired) electrons. The van der Waals surface area contributed by atoms with Gasteiger partial charge in [0.15, 0.2) is 6.04 Å². The van der Waals surface area contributed by atoms with Gasteiger partial charge in [-0.3, -0.25) is 9.36 Å². The van der Waals surface area contributed by atoms with Gasteiger partial charge in [0.25, 0.3) is 5.56 Å². The first-order valence-corrected chi connectivity index (χ1v) is 18.4. The number of esters is 1. The van der Waals surface area contributed by atoms with Gasteiger partial charge in [-0.2, -0.15) is 0 Å². The molecule has 1 aliphatic carbocycles. The molecule has 198 valence electrons. The number of hydrogen-bond acceptors (Lipinski definition) is 4. The summed E-state index contributed by atoms with van der Waals surface area (Å²) in [5.74, 6) is 6.69. The van der Waals surface area contributed by atoms with Crippen LogP contribution in [-0.4, -0.2) is 30.5 Å². The molecule has 2 atom stereocenters. The van der Waals surface area contributed by atoms with Crippen LogP contribution in [0.1, 0.15) is 61.3 Å². The lowest BCUT2D eigenvalue weighted by Gasteiger charge is -2.20. The smallest absolute Gasteiger partial charge is 0.331 e. The van der Waals surface area contributed by atoms with Crippen molar-refractivity contribution in [2.45, 2.75) is 86.9 Å². The maximum absolute atomic E-state index is 13.7. The van der Waals surface area contributed by atoms with Crippen molar-refractivity contribution in [3.8, 4) is 11.8 Å². The molecule has 0 amide bonds. The maximum atomic E-state index is 13.7. The molecule has 38 heavy (non-hydrogen) atoms. The fourth-order valence-electron chi connectivity index (χ4n) is 5.15. The molecular formula is C32H37NO3SSi. The molecule has 2 aromatic carbocycles. The SMILES string of the molecule is CCCC#CC1Sc2c(C3CC3)c(Cc3cccc4ccccc34)cc(=O)n2C1C(=O)OCC[Si](C)(C)C. The highest BCUT2D eigenvalue weighted by molar-refractivity contribution is 8.00. The minimum Gasteiger partial charge on any atom is -0.464 e. The Morgan fingerprint density at radius 1 is 1.11 bits per heavy atom. The van der Waals surface area contributed by atoms with Gasteiger partial charge < -0.3 is 4.74 Å². The van der Waals surface area contributed by atoms with Crippen LogP contribution < -0.4 is 5.56 Å². The third-order valence-electron chi connectivity index (χ3n) is 7.34. The van der Waals surface area contributed by atoms with Crippen molar-refractivity contribution >= 4 is 36.6 Å². The average Bonchev–Trinajstić information content (AvgIpc) is 3.63. The normalized spacial score (nSPS) is 18.6. The van der Waals surface area contributed by atoms with Crippen LogP contribution in [0, 0.1) is 11.8 Å². The van der Waals surface area contributed by atoms with E-state index in [1.807, 2.05) is 0 Å². The molecule has 5 rings (SSSR count). The van der Waals surface area contributed by atoms with Crippen molar-refractivity contribution in [3.63, 3.8) is 0 Å². The Morgan fingerprint density at radius 3 is 2.61 bits per heavy atom. The molecule has 0 N–H and O–H groups in total. The number of benzene rings is 2. The predicted octanol–water partition coefficient (Wildman–Crippen LogP) is 7.17. The third-order valence-corrected chi connectivity index (χ3v) is 10.3. The Morgan fingerprint density at radius 2 is 1.87 bits per heavy atom. The number of hydrogen-bond donors (Lipinski definition) is 0. The summed E-state index contributed by atoms with van der Waals surface area (Å²) in [6, 6.07) is 16.8. The molecule has 0 bridgehead atoms. The fourth-order valence-corrected chi connectivity index (χ4v) is 7.35. The largest absolute Gasteiger partial charge is 0.464 e. The fraction of sp³-hybridized carbons (Fsp3) is 0.438. The van der Waals surface area contributed by atoms with Crippen LogP contribution in [0.15, 0.2) is 58.4 Å². The molecule has 1 saturated carbocycles. The van der Waals surface area contributed by atoms with Crippen molar-refractivity contribution in [1.82, 2.24) is 4.57 Å². The standard InChI is InChI=1S/C32H37NO3SSi/c1-5-6-7-15-27-30(32(35)36-18-19-38(2,3)4)33-28(34)21-25(29(23-16-17-23)31(33)37-27)20-24-13-10-12-22-11-8-9-14-26(22)24/h8-14,21,23,27,30H,5-6,16-20H2,1-4H3. The lowest BCUT2D eigenvalue weighted by atomic mass is 9.95. The second-order valence-corrected chi connectivity index (χ2v) is 18.5. The van der Waals surface area contributed by atoms with Crippen LogP contribution in [0.4, 0.5) is 0 Å². The zero-order valence-corrected chi connectivity index (χ0v) is 24.7. The Bertz CT molecular complexity index is 1470. The molecule has 1 fully saturated rings. The summed E-state index contributed by atoms with van der Waals surface area (Å²) in [6.07, 6.45) is 4.68. The van der Waals surface area contributed by atoms with E-state index >= 15 is 0 Å². The molecular weight excluding hydrogens is 507 g/mol. The van der Waals surface area contributed by atoms with E-state index in [9.17, 15) is 9.59 Å². The van der Waals surface area contributed by atoms with Gasteiger partial charge in [0.1, 0.15) is 5.25 Å². The summed E-state index contributed by atoms with van der Waals surface area (Å²) < 4.78 is 7.51. The molecule has 2 unspecified atom stereocenters. The zero-order chi connectivity index (χ0) is 26.9. The van der Waals surface area contributed by atoms with E-state index in [0.29, 0.717) is 18.9 Å². The van der Waals surface area contributed by atoms with Crippen molar-refractivity contribution < 1.29 is 9.53 Å². The van der Waals surface area contributed by atoms with Crippen LogP contribution in [-0.2, 0) is 16.0 Å². The molecule has 1 aliphatic heterocycles. The van der Waals surface area contributed by atoms with E-state index in [4.69, 9.17) is 4.74 Å². The molecule has 4 nitrogen and oxygen atoms in total. The van der Waals surface area contributed by atoms with Gasteiger partial charge in [-0.25, -0.2) is 4.79 Å². The minimum absolute atomic E-state index is 0.126. The van der Waals surface area contributed by atoms with Gasteiger partial charge in [-0.15, -0.1) is 5.92 Å². The first-order chi connectivity index (χ1) is 18.3. The van der Waals surface area contributed by atoms with E-state index in [-0.39, 0.29) is 16.8 Å². The number of rotatable bonds is 8. The van der Waals surface area contributed by atoms with Crippen LogP contribution in [0.5, 0.6) is 0 Å². The minimum atomic E-state index is -1.35. The number of aromatic nitrogens is 1. The summed E-state index contributed by atoms with van der Waals surface area (Å²) in [6.45, 7) is 9.31. The quantitative estimate of drug-likeness (QED) is 0.172. The summed E-state index contributed by atoms with van der Waals surface area (Å²) in [5.41, 5.74) is 3.42. The topological polar surface area (TPSA) is 48.3 Å². The summed E-state index contributed by atoms with van der Waals surface area (Å²) in [5, 5.41) is 3.05. The summed E-state index contributed by atoms with van der Waals surface area (Å²) >= 11 is 1.60. The number of carbonyl (C=O) groups excluding carboxylic acids is 1. The Hall–Kier alpha value is -2.75. The van der Waals surface area contributed by atoms with Crippen molar-refractivity contribution in [2.75, 3.05) is 6.61 Å². The molecule has 2 heterocycles. The first-order valence-electron chi connectivity index (χ1n) is 13.8. The molecule has 3 aromatic rings. The van der Waals surface area contributed by atoms with E-state index < -0.39 is 14.1 Å². The number of ether oxygens (including phenoxy) is 1. The maximum Gasteiger partial charge on any atom is 0.331 e. The first kappa shape index (κ1) is 26.8. The highest BCUT2D eigenvalue weighted by Gasteiger charge is 2.43. The number of carbonyl (C=O) groups is 1. The van der Waals surface area contributed by atoms with Crippen LogP contribution >= 0.6 is 11.8 Å². The van der Waals surface area contributed by atoms with Crippen molar-refractivity contribution in [1.29, 1.82) is 0 Å². The van der Waals surface area contributed by atoms with Gasteiger partial charge in [-0.1, -0.05) is 86.7 Å². The van der Waals surface area contributed by atoms with Crippen molar-refractivity contribution in [3.05, 3.63) is 75.6 Å². The van der Waals surface area contributed by atoms with E-state index in [0.717, 1.165) is 42.3 Å². The summed E-state index contributed by atoms with van der Waals surface area (Å²) in [7, 11) is -1.35. The van der Waals surface area contributed by atoms with Gasteiger partial charge >= 0.3 is 5.97 Å². The van der Waals surface area contributed by atoms with Crippen molar-refractivity contribution in [2.24, 2.45) is 0 Å². The molecule has 1 aromatic heterocycles. The van der Waals surface area contributed by atoms with E-state index in [1.165, 1.54) is 21.9 Å². The zero-order valence-electron chi connectivity index (χ0n) is 22.9. The van der Waals surface area contributed by atoms with Crippen LogP contribution in [0.3, 0.4) is 0 Å². The monoisotopic (exact) mass is 543 g/mol. The molecule has 6 heteroatoms. The third kappa shape index (κ3) is 5.79. The number of thioether (sulfide) groups is 1. The number of nitrogens with zero attached hydrogens (tertiary/aromatic N) is 1. The number of fused-ring (bicyclic) bond motifs is 2. The second kappa shape index (κ2) is 11.2. The van der Waals surface area contributed by atoms with Crippen LogP contribution in [0.2, 0.25) is 25.7 Å². The van der Waals surface area contributed by atoms with Gasteiger partial charge in [-0.05, 0) is 65.1 Å². The Kier molecular flexibility index (Phi) is 7.88. The number of pyridine rings is 1. The average molecular weight is 544 g/mol. The summed E-state index contributed by atoms with van der Waals surface area (Å²) in [4.78, 5) is 27.2.